The van der Waals surface area contributed by atoms with Crippen LogP contribution in [0.4, 0.5) is 5.69 Å². The Morgan fingerprint density at radius 2 is 1.78 bits per heavy atom. The maximum absolute atomic E-state index is 12.3. The number of likely N-dealkylation sites (N-methyl/N-ethyl adjacent to an activating group) is 1. The van der Waals surface area contributed by atoms with Crippen molar-refractivity contribution < 1.29 is 14.3 Å². The number of amides is 1. The standard InChI is InChI=1S/C22H24N2O3/c1-2-24(18-10-4-3-5-11-18)21(25)16-27-22(26)14-8-9-17-15-23-20-13-7-6-12-19(17)20/h3-7,10-13,15,23H,2,8-9,14,16H2,1H3. The highest BCUT2D eigenvalue weighted by Gasteiger charge is 2.16. The molecule has 2 aromatic carbocycles. The molecule has 0 spiro atoms. The number of rotatable bonds is 8. The van der Waals surface area contributed by atoms with Crippen LogP contribution in [0.1, 0.15) is 25.3 Å². The topological polar surface area (TPSA) is 62.4 Å². The third-order valence-electron chi connectivity index (χ3n) is 4.54. The lowest BCUT2D eigenvalue weighted by Gasteiger charge is -2.20. The summed E-state index contributed by atoms with van der Waals surface area (Å²) in [5.41, 5.74) is 3.09. The molecule has 140 valence electrons. The lowest BCUT2D eigenvalue weighted by atomic mass is 10.1. The van der Waals surface area contributed by atoms with Crippen LogP contribution in [-0.2, 0) is 20.7 Å². The molecule has 0 unspecified atom stereocenters. The van der Waals surface area contributed by atoms with Crippen molar-refractivity contribution in [1.82, 2.24) is 4.98 Å². The number of nitrogens with zero attached hydrogens (tertiary/aromatic N) is 1. The van der Waals surface area contributed by atoms with Crippen LogP contribution in [0.25, 0.3) is 10.9 Å². The Bertz CT molecular complexity index is 902. The van der Waals surface area contributed by atoms with Gasteiger partial charge in [-0.25, -0.2) is 0 Å². The number of fused-ring (bicyclic) bond motifs is 1. The van der Waals surface area contributed by atoms with Gasteiger partial charge in [0.15, 0.2) is 6.61 Å². The van der Waals surface area contributed by atoms with Crippen LogP contribution in [0.2, 0.25) is 0 Å². The van der Waals surface area contributed by atoms with Gasteiger partial charge in [0.2, 0.25) is 0 Å². The summed E-state index contributed by atoms with van der Waals surface area (Å²) in [4.78, 5) is 29.2. The summed E-state index contributed by atoms with van der Waals surface area (Å²) in [6.45, 7) is 2.20. The van der Waals surface area contributed by atoms with Crippen LogP contribution >= 0.6 is 0 Å². The van der Waals surface area contributed by atoms with E-state index in [1.165, 1.54) is 10.9 Å². The summed E-state index contributed by atoms with van der Waals surface area (Å²) in [5, 5.41) is 1.18. The Morgan fingerprint density at radius 3 is 2.56 bits per heavy atom. The first kappa shape index (κ1) is 18.7. The molecule has 27 heavy (non-hydrogen) atoms. The number of carbonyl (C=O) groups excluding carboxylic acids is 2. The van der Waals surface area contributed by atoms with E-state index < -0.39 is 0 Å². The van der Waals surface area contributed by atoms with E-state index in [0.717, 1.165) is 17.6 Å². The number of hydrogen-bond acceptors (Lipinski definition) is 3. The SMILES string of the molecule is CCN(C(=O)COC(=O)CCCc1c[nH]c2ccccc12)c1ccccc1. The molecule has 0 saturated carbocycles. The highest BCUT2D eigenvalue weighted by molar-refractivity contribution is 5.95. The maximum atomic E-state index is 12.3. The highest BCUT2D eigenvalue weighted by atomic mass is 16.5. The molecule has 5 heteroatoms. The van der Waals surface area contributed by atoms with Gasteiger partial charge >= 0.3 is 5.97 Å². The van der Waals surface area contributed by atoms with Crippen molar-refractivity contribution in [3.8, 4) is 0 Å². The van der Waals surface area contributed by atoms with Crippen molar-refractivity contribution in [2.75, 3.05) is 18.1 Å². The Hall–Kier alpha value is -3.08. The van der Waals surface area contributed by atoms with Crippen molar-refractivity contribution in [3.63, 3.8) is 0 Å². The van der Waals surface area contributed by atoms with Gasteiger partial charge in [-0.3, -0.25) is 9.59 Å². The number of benzene rings is 2. The Balaban J connectivity index is 1.44. The summed E-state index contributed by atoms with van der Waals surface area (Å²) in [5.74, 6) is -0.555. The Labute approximate surface area is 158 Å². The van der Waals surface area contributed by atoms with Crippen molar-refractivity contribution in [2.45, 2.75) is 26.2 Å². The number of aromatic amines is 1. The molecule has 0 aliphatic heterocycles. The zero-order chi connectivity index (χ0) is 19.1. The smallest absolute Gasteiger partial charge is 0.306 e. The van der Waals surface area contributed by atoms with E-state index in [2.05, 4.69) is 11.1 Å². The van der Waals surface area contributed by atoms with Crippen LogP contribution in [-0.4, -0.2) is 30.0 Å². The molecule has 3 aromatic rings. The number of ether oxygens (including phenoxy) is 1. The average molecular weight is 364 g/mol. The van der Waals surface area contributed by atoms with Gasteiger partial charge in [-0.05, 0) is 43.5 Å². The van der Waals surface area contributed by atoms with E-state index in [1.807, 2.05) is 61.7 Å². The quantitative estimate of drug-likeness (QED) is 0.613. The molecule has 0 bridgehead atoms. The number of anilines is 1. The van der Waals surface area contributed by atoms with Gasteiger partial charge in [0, 0.05) is 35.8 Å². The monoisotopic (exact) mass is 364 g/mol. The zero-order valence-electron chi connectivity index (χ0n) is 15.5. The summed E-state index contributed by atoms with van der Waals surface area (Å²) < 4.78 is 5.18. The van der Waals surface area contributed by atoms with Crippen molar-refractivity contribution in [1.29, 1.82) is 0 Å². The second-order valence-corrected chi connectivity index (χ2v) is 6.35. The van der Waals surface area contributed by atoms with Crippen LogP contribution in [0, 0.1) is 0 Å². The third kappa shape index (κ3) is 4.76. The molecule has 3 rings (SSSR count). The molecule has 5 nitrogen and oxygen atoms in total. The lowest BCUT2D eigenvalue weighted by molar-refractivity contribution is -0.147. The van der Waals surface area contributed by atoms with E-state index >= 15 is 0 Å². The van der Waals surface area contributed by atoms with E-state index in [4.69, 9.17) is 4.74 Å². The number of aromatic nitrogens is 1. The summed E-state index contributed by atoms with van der Waals surface area (Å²) >= 11 is 0. The molecule has 1 N–H and O–H groups in total. The molecule has 0 saturated heterocycles. The number of nitrogens with one attached hydrogen (secondary N) is 1. The van der Waals surface area contributed by atoms with Gasteiger partial charge < -0.3 is 14.6 Å². The van der Waals surface area contributed by atoms with Crippen molar-refractivity contribution in [2.24, 2.45) is 0 Å². The second-order valence-electron chi connectivity index (χ2n) is 6.35. The summed E-state index contributed by atoms with van der Waals surface area (Å²) in [7, 11) is 0. The molecule has 0 atom stereocenters. The predicted molar refractivity (Wildman–Crippen MR) is 107 cm³/mol. The third-order valence-corrected chi connectivity index (χ3v) is 4.54. The minimum atomic E-state index is -0.340. The maximum Gasteiger partial charge on any atom is 0.306 e. The molecule has 1 heterocycles. The Morgan fingerprint density at radius 1 is 1.04 bits per heavy atom. The van der Waals surface area contributed by atoms with E-state index in [1.54, 1.807) is 4.90 Å². The fraction of sp³-hybridized carbons (Fsp3) is 0.273. The number of esters is 1. The van der Waals surface area contributed by atoms with Gasteiger partial charge in [0.05, 0.1) is 0 Å². The molecular formula is C22H24N2O3. The van der Waals surface area contributed by atoms with Crippen molar-refractivity contribution in [3.05, 3.63) is 66.4 Å². The second kappa shape index (κ2) is 9.03. The number of H-pyrrole nitrogens is 1. The molecule has 1 aromatic heterocycles. The van der Waals surface area contributed by atoms with Crippen LogP contribution in [0.15, 0.2) is 60.8 Å². The normalized spacial score (nSPS) is 10.7. The average Bonchev–Trinajstić information content (AvgIpc) is 3.11. The molecular weight excluding hydrogens is 340 g/mol. The summed E-state index contributed by atoms with van der Waals surface area (Å²) in [6.07, 6.45) is 3.76. The Kier molecular flexibility index (Phi) is 6.26. The van der Waals surface area contributed by atoms with Crippen LogP contribution in [0.3, 0.4) is 0 Å². The first-order chi connectivity index (χ1) is 13.2. The van der Waals surface area contributed by atoms with Gasteiger partial charge in [-0.15, -0.1) is 0 Å². The predicted octanol–water partition coefficient (Wildman–Crippen LogP) is 4.09. The van der Waals surface area contributed by atoms with E-state index in [9.17, 15) is 9.59 Å². The molecule has 0 fully saturated rings. The van der Waals surface area contributed by atoms with Gasteiger partial charge in [0.1, 0.15) is 0 Å². The van der Waals surface area contributed by atoms with E-state index in [0.29, 0.717) is 19.4 Å². The lowest BCUT2D eigenvalue weighted by Crippen LogP contribution is -2.34. The largest absolute Gasteiger partial charge is 0.456 e. The minimum Gasteiger partial charge on any atom is -0.456 e. The first-order valence-electron chi connectivity index (χ1n) is 9.25. The zero-order valence-corrected chi connectivity index (χ0v) is 15.5. The van der Waals surface area contributed by atoms with Gasteiger partial charge in [-0.2, -0.15) is 0 Å². The van der Waals surface area contributed by atoms with E-state index in [-0.39, 0.29) is 18.5 Å². The van der Waals surface area contributed by atoms with Crippen LogP contribution in [0.5, 0.6) is 0 Å². The number of aryl methyl sites for hydroxylation is 1. The molecule has 0 aliphatic carbocycles. The van der Waals surface area contributed by atoms with Crippen LogP contribution < -0.4 is 4.90 Å². The highest BCUT2D eigenvalue weighted by Crippen LogP contribution is 2.19. The number of para-hydroxylation sites is 2. The summed E-state index contributed by atoms with van der Waals surface area (Å²) in [6, 6.07) is 17.5. The minimum absolute atomic E-state index is 0.214. The first-order valence-corrected chi connectivity index (χ1v) is 9.25. The molecule has 1 amide bonds. The molecule has 0 aliphatic rings. The fourth-order valence-electron chi connectivity index (χ4n) is 3.16. The fourth-order valence-corrected chi connectivity index (χ4v) is 3.16. The van der Waals surface area contributed by atoms with Crippen molar-refractivity contribution >= 4 is 28.5 Å². The van der Waals surface area contributed by atoms with Gasteiger partial charge in [-0.1, -0.05) is 36.4 Å². The number of hydrogen-bond donors (Lipinski definition) is 1. The molecule has 0 radical (unpaired) electrons. The number of carbonyl (C=O) groups is 2. The van der Waals surface area contributed by atoms with Gasteiger partial charge in [0.25, 0.3) is 5.91 Å².